The Kier molecular flexibility index (Phi) is 3.55. The first-order valence-corrected chi connectivity index (χ1v) is 5.54. The molecule has 1 aromatic carbocycles. The Hall–Kier alpha value is -1.66. The minimum Gasteiger partial charge on any atom is -0.389 e. The lowest BCUT2D eigenvalue weighted by Gasteiger charge is -2.10. The van der Waals surface area contributed by atoms with Gasteiger partial charge in [-0.25, -0.2) is 0 Å². The molecule has 1 aromatic heterocycles. The van der Waals surface area contributed by atoms with Crippen LogP contribution in [0.15, 0.2) is 29.1 Å². The summed E-state index contributed by atoms with van der Waals surface area (Å²) in [6.45, 7) is 0.409. The van der Waals surface area contributed by atoms with Gasteiger partial charge >= 0.3 is 0 Å². The molecule has 0 aliphatic heterocycles. The van der Waals surface area contributed by atoms with E-state index in [0.717, 1.165) is 5.69 Å². The summed E-state index contributed by atoms with van der Waals surface area (Å²) in [7, 11) is 0. The monoisotopic (exact) mass is 268 g/mol. The SMILES string of the molecule is NC(=S)c1c(Cl)cccc1NCc1ncon1. The molecular formula is C10H9ClN4OS. The topological polar surface area (TPSA) is 77.0 Å². The van der Waals surface area contributed by atoms with Crippen LogP contribution in [0.4, 0.5) is 5.69 Å². The van der Waals surface area contributed by atoms with Crippen LogP contribution in [-0.2, 0) is 6.54 Å². The lowest BCUT2D eigenvalue weighted by atomic mass is 10.1. The zero-order valence-corrected chi connectivity index (χ0v) is 10.3. The number of aromatic nitrogens is 2. The average Bonchev–Trinajstić information content (AvgIpc) is 2.78. The standard InChI is InChI=1S/C10H9ClN4OS/c11-6-2-1-3-7(9(6)10(12)17)13-4-8-14-5-16-15-8/h1-3,5,13H,4H2,(H2,12,17). The van der Waals surface area contributed by atoms with E-state index in [4.69, 9.17) is 29.6 Å². The normalized spacial score (nSPS) is 10.2. The van der Waals surface area contributed by atoms with Crippen LogP contribution in [0, 0.1) is 0 Å². The van der Waals surface area contributed by atoms with Crippen molar-refractivity contribution in [1.29, 1.82) is 0 Å². The maximum atomic E-state index is 6.03. The van der Waals surface area contributed by atoms with Crippen LogP contribution in [0.2, 0.25) is 5.02 Å². The Morgan fingerprint density at radius 1 is 1.53 bits per heavy atom. The van der Waals surface area contributed by atoms with E-state index in [1.807, 2.05) is 12.1 Å². The Morgan fingerprint density at radius 2 is 2.35 bits per heavy atom. The molecule has 0 saturated heterocycles. The molecule has 1 heterocycles. The van der Waals surface area contributed by atoms with Crippen molar-refractivity contribution in [2.24, 2.45) is 5.73 Å². The lowest BCUT2D eigenvalue weighted by Crippen LogP contribution is -2.14. The molecule has 0 aliphatic carbocycles. The summed E-state index contributed by atoms with van der Waals surface area (Å²) in [5.74, 6) is 0.541. The second-order valence-corrected chi connectivity index (χ2v) is 4.07. The van der Waals surface area contributed by atoms with Crippen LogP contribution in [0.25, 0.3) is 0 Å². The number of halogens is 1. The molecule has 88 valence electrons. The second kappa shape index (κ2) is 5.11. The van der Waals surface area contributed by atoms with Gasteiger partial charge in [0, 0.05) is 5.69 Å². The zero-order chi connectivity index (χ0) is 12.3. The largest absolute Gasteiger partial charge is 0.389 e. The fourth-order valence-corrected chi connectivity index (χ4v) is 1.92. The first kappa shape index (κ1) is 11.8. The third kappa shape index (κ3) is 2.72. The van der Waals surface area contributed by atoms with Gasteiger partial charge in [-0.05, 0) is 12.1 Å². The molecule has 17 heavy (non-hydrogen) atoms. The van der Waals surface area contributed by atoms with Crippen molar-refractivity contribution in [3.8, 4) is 0 Å². The smallest absolute Gasteiger partial charge is 0.213 e. The van der Waals surface area contributed by atoms with E-state index >= 15 is 0 Å². The number of anilines is 1. The third-order valence-electron chi connectivity index (χ3n) is 2.10. The van der Waals surface area contributed by atoms with Gasteiger partial charge < -0.3 is 15.6 Å². The van der Waals surface area contributed by atoms with Crippen LogP contribution in [0.5, 0.6) is 0 Å². The number of nitrogens with two attached hydrogens (primary N) is 1. The van der Waals surface area contributed by atoms with Gasteiger partial charge in [-0.15, -0.1) is 0 Å². The number of rotatable bonds is 4. The van der Waals surface area contributed by atoms with E-state index in [1.165, 1.54) is 6.39 Å². The van der Waals surface area contributed by atoms with E-state index < -0.39 is 0 Å². The molecule has 3 N–H and O–H groups in total. The van der Waals surface area contributed by atoms with E-state index in [-0.39, 0.29) is 4.99 Å². The number of thiocarbonyl (C=S) groups is 1. The summed E-state index contributed by atoms with van der Waals surface area (Å²) in [4.78, 5) is 4.13. The van der Waals surface area contributed by atoms with Gasteiger partial charge in [0.25, 0.3) is 0 Å². The summed E-state index contributed by atoms with van der Waals surface area (Å²) >= 11 is 11.0. The Bertz CT molecular complexity index is 529. The van der Waals surface area contributed by atoms with Crippen molar-refractivity contribution in [3.63, 3.8) is 0 Å². The highest BCUT2D eigenvalue weighted by atomic mass is 35.5. The fraction of sp³-hybridized carbons (Fsp3) is 0.100. The molecule has 5 nitrogen and oxygen atoms in total. The lowest BCUT2D eigenvalue weighted by molar-refractivity contribution is 0.411. The van der Waals surface area contributed by atoms with Gasteiger partial charge in [0.05, 0.1) is 17.1 Å². The third-order valence-corrected chi connectivity index (χ3v) is 2.62. The Labute approximate surface area is 108 Å². The number of nitrogens with zero attached hydrogens (tertiary/aromatic N) is 2. The van der Waals surface area contributed by atoms with E-state index in [9.17, 15) is 0 Å². The molecule has 0 amide bonds. The minimum absolute atomic E-state index is 0.242. The van der Waals surface area contributed by atoms with Gasteiger partial charge in [-0.3, -0.25) is 0 Å². The van der Waals surface area contributed by atoms with Gasteiger partial charge in [0.2, 0.25) is 6.39 Å². The van der Waals surface area contributed by atoms with Crippen molar-refractivity contribution in [3.05, 3.63) is 41.0 Å². The molecule has 0 fully saturated rings. The molecule has 2 aromatic rings. The van der Waals surface area contributed by atoms with Crippen LogP contribution in [-0.4, -0.2) is 15.1 Å². The quantitative estimate of drug-likeness (QED) is 0.826. The number of benzene rings is 1. The minimum atomic E-state index is 0.242. The van der Waals surface area contributed by atoms with Gasteiger partial charge in [-0.2, -0.15) is 4.98 Å². The highest BCUT2D eigenvalue weighted by Gasteiger charge is 2.09. The average molecular weight is 269 g/mol. The van der Waals surface area contributed by atoms with Crippen molar-refractivity contribution in [1.82, 2.24) is 10.1 Å². The van der Waals surface area contributed by atoms with Crippen LogP contribution in [0.1, 0.15) is 11.4 Å². The number of hydrogen-bond donors (Lipinski definition) is 2. The summed E-state index contributed by atoms with van der Waals surface area (Å²) in [6.07, 6.45) is 1.27. The Balaban J connectivity index is 2.21. The maximum absolute atomic E-state index is 6.03. The Morgan fingerprint density at radius 3 is 3.00 bits per heavy atom. The molecule has 0 radical (unpaired) electrons. The number of nitrogens with one attached hydrogen (secondary N) is 1. The second-order valence-electron chi connectivity index (χ2n) is 3.23. The fourth-order valence-electron chi connectivity index (χ4n) is 1.37. The van der Waals surface area contributed by atoms with E-state index in [1.54, 1.807) is 6.07 Å². The van der Waals surface area contributed by atoms with Gasteiger partial charge in [0.15, 0.2) is 5.82 Å². The van der Waals surface area contributed by atoms with Crippen LogP contribution in [0.3, 0.4) is 0 Å². The van der Waals surface area contributed by atoms with Gasteiger partial charge in [0.1, 0.15) is 4.99 Å². The van der Waals surface area contributed by atoms with E-state index in [0.29, 0.717) is 23.0 Å². The molecule has 0 saturated carbocycles. The molecule has 0 atom stereocenters. The zero-order valence-electron chi connectivity index (χ0n) is 8.68. The summed E-state index contributed by atoms with van der Waals surface area (Å²) in [5, 5.41) is 7.29. The first-order chi connectivity index (χ1) is 8.18. The van der Waals surface area contributed by atoms with Crippen molar-refractivity contribution >= 4 is 34.5 Å². The number of hydrogen-bond acceptors (Lipinski definition) is 5. The van der Waals surface area contributed by atoms with Crippen molar-refractivity contribution in [2.75, 3.05) is 5.32 Å². The summed E-state index contributed by atoms with van der Waals surface area (Å²) in [6, 6.07) is 5.37. The molecule has 0 aliphatic rings. The predicted octanol–water partition coefficient (Wildman–Crippen LogP) is 1.97. The van der Waals surface area contributed by atoms with Crippen LogP contribution >= 0.6 is 23.8 Å². The highest BCUT2D eigenvalue weighted by Crippen LogP contribution is 2.24. The predicted molar refractivity (Wildman–Crippen MR) is 69.0 cm³/mol. The van der Waals surface area contributed by atoms with Crippen molar-refractivity contribution < 1.29 is 4.52 Å². The maximum Gasteiger partial charge on any atom is 0.213 e. The summed E-state index contributed by atoms with van der Waals surface area (Å²) < 4.78 is 4.63. The molecule has 0 spiro atoms. The van der Waals surface area contributed by atoms with E-state index in [2.05, 4.69) is 20.0 Å². The van der Waals surface area contributed by atoms with Gasteiger partial charge in [-0.1, -0.05) is 35.0 Å². The molecular weight excluding hydrogens is 260 g/mol. The van der Waals surface area contributed by atoms with Crippen molar-refractivity contribution in [2.45, 2.75) is 6.54 Å². The molecule has 2 rings (SSSR count). The molecule has 0 bridgehead atoms. The van der Waals surface area contributed by atoms with Crippen LogP contribution < -0.4 is 11.1 Å². The molecule has 7 heteroatoms. The first-order valence-electron chi connectivity index (χ1n) is 4.76. The molecule has 0 unspecified atom stereocenters. The highest BCUT2D eigenvalue weighted by molar-refractivity contribution is 7.80. The summed E-state index contributed by atoms with van der Waals surface area (Å²) in [5.41, 5.74) is 6.98.